The van der Waals surface area contributed by atoms with Gasteiger partial charge in [0.25, 0.3) is 0 Å². The van der Waals surface area contributed by atoms with Crippen molar-refractivity contribution in [3.63, 3.8) is 0 Å². The molecule has 0 aliphatic heterocycles. The Balaban J connectivity index is 2.61. The average Bonchev–Trinajstić information content (AvgIpc) is 2.65. The van der Waals surface area contributed by atoms with Crippen molar-refractivity contribution in [1.82, 2.24) is 0 Å². The largest absolute Gasteiger partial charge is 0.508 e. The fourth-order valence-electron chi connectivity index (χ4n) is 1.32. The van der Waals surface area contributed by atoms with E-state index in [-0.39, 0.29) is 17.1 Å². The Morgan fingerprint density at radius 3 is 1.44 bits per heavy atom. The topological polar surface area (TPSA) is 40.5 Å². The minimum atomic E-state index is -0.0234. The van der Waals surface area contributed by atoms with Crippen LogP contribution in [0.5, 0.6) is 11.5 Å². The lowest BCUT2D eigenvalue weighted by Gasteiger charge is -2.01. The number of hydrogen-bond acceptors (Lipinski definition) is 2. The predicted molar refractivity (Wildman–Crippen MR) is 105 cm³/mol. The minimum absolute atomic E-state index is 0.0234. The molecule has 0 atom stereocenters. The fraction of sp³-hybridized carbons (Fsp3) is 0.0400. The zero-order valence-electron chi connectivity index (χ0n) is 14.1. The van der Waals surface area contributed by atoms with Crippen LogP contribution in [-0.4, -0.2) is 10.2 Å². The lowest BCUT2D eigenvalue weighted by Crippen LogP contribution is -1.80. The first-order chi connectivity index (χ1) is 13.1. The Bertz CT molecular complexity index is 1290. The molecule has 1 aromatic rings. The van der Waals surface area contributed by atoms with Crippen LogP contribution in [0.2, 0.25) is 0 Å². The monoisotopic (exact) mass is 340 g/mol. The van der Waals surface area contributed by atoms with Gasteiger partial charge in [-0.25, -0.2) is 0 Å². The van der Waals surface area contributed by atoms with Gasteiger partial charge >= 0.3 is 0 Å². The van der Waals surface area contributed by atoms with Gasteiger partial charge < -0.3 is 10.2 Å². The first-order valence-electron chi connectivity index (χ1n) is 7.14. The van der Waals surface area contributed by atoms with Crippen molar-refractivity contribution in [1.29, 1.82) is 0 Å². The lowest BCUT2D eigenvalue weighted by molar-refractivity contribution is 0.455. The molecule has 1 rings (SSSR count). The number of aromatic hydroxyl groups is 2. The van der Waals surface area contributed by atoms with Gasteiger partial charge in [0.1, 0.15) is 11.5 Å². The standard InChI is InChI=1S/C25H8O2/c1-3-4-5-6-7-8-9-10-11-12-13-14-15-16-17-18-19-23-21-24(26)22(2)20-25(23)27/h1,20-21,26-27H,2H3. The summed E-state index contributed by atoms with van der Waals surface area (Å²) in [4.78, 5) is 0. The van der Waals surface area contributed by atoms with E-state index in [2.05, 4.69) is 101 Å². The van der Waals surface area contributed by atoms with Gasteiger partial charge in [0.05, 0.1) is 5.56 Å². The molecule has 0 heterocycles. The van der Waals surface area contributed by atoms with E-state index in [1.165, 1.54) is 12.1 Å². The molecule has 0 amide bonds. The molecular formula is C25H8O2. The molecule has 1 aromatic carbocycles. The summed E-state index contributed by atoms with van der Waals surface area (Å²) in [6.07, 6.45) is 4.91. The predicted octanol–water partition coefficient (Wildman–Crippen LogP) is 1.41. The number of rotatable bonds is 0. The number of phenols is 2. The zero-order valence-corrected chi connectivity index (χ0v) is 14.1. The molecule has 0 aliphatic rings. The normalized spacial score (nSPS) is 6.07. The van der Waals surface area contributed by atoms with Crippen LogP contribution >= 0.6 is 0 Å². The van der Waals surface area contributed by atoms with Crippen LogP contribution in [0.15, 0.2) is 12.1 Å². The van der Waals surface area contributed by atoms with Crippen molar-refractivity contribution in [2.75, 3.05) is 0 Å². The minimum Gasteiger partial charge on any atom is -0.508 e. The van der Waals surface area contributed by atoms with E-state index in [4.69, 9.17) is 6.42 Å². The summed E-state index contributed by atoms with van der Waals surface area (Å²) in [5.41, 5.74) is 0.842. The van der Waals surface area contributed by atoms with Crippen molar-refractivity contribution < 1.29 is 10.2 Å². The molecule has 0 spiro atoms. The van der Waals surface area contributed by atoms with E-state index in [0.717, 1.165) is 0 Å². The second kappa shape index (κ2) is 12.3. The molecule has 2 nitrogen and oxygen atoms in total. The Hall–Kier alpha value is -5.14. The van der Waals surface area contributed by atoms with Crippen molar-refractivity contribution >= 4 is 0 Å². The highest BCUT2D eigenvalue weighted by Gasteiger charge is 2.02. The van der Waals surface area contributed by atoms with Gasteiger partial charge in [-0.05, 0) is 125 Å². The highest BCUT2D eigenvalue weighted by Crippen LogP contribution is 2.25. The Morgan fingerprint density at radius 1 is 0.593 bits per heavy atom. The molecule has 120 valence electrons. The second-order valence-corrected chi connectivity index (χ2v) is 4.30. The summed E-state index contributed by atoms with van der Waals surface area (Å²) in [6, 6.07) is 2.79. The Labute approximate surface area is 159 Å². The highest BCUT2D eigenvalue weighted by atomic mass is 16.3. The summed E-state index contributed by atoms with van der Waals surface area (Å²) in [6.45, 7) is 1.67. The third kappa shape index (κ3) is 8.91. The van der Waals surface area contributed by atoms with Crippen LogP contribution in [0.25, 0.3) is 0 Å². The molecule has 0 bridgehead atoms. The third-order valence-electron chi connectivity index (χ3n) is 2.46. The van der Waals surface area contributed by atoms with Crippen LogP contribution in [-0.2, 0) is 0 Å². The van der Waals surface area contributed by atoms with Gasteiger partial charge in [0, 0.05) is 0 Å². The molecule has 0 saturated carbocycles. The smallest absolute Gasteiger partial charge is 0.131 e. The Morgan fingerprint density at radius 2 is 1.00 bits per heavy atom. The van der Waals surface area contributed by atoms with Gasteiger partial charge in [-0.1, -0.05) is 0 Å². The second-order valence-electron chi connectivity index (χ2n) is 4.30. The van der Waals surface area contributed by atoms with E-state index < -0.39 is 0 Å². The summed E-state index contributed by atoms with van der Waals surface area (Å²) in [5.74, 6) is 41.7. The molecular weight excluding hydrogens is 332 g/mol. The van der Waals surface area contributed by atoms with E-state index in [0.29, 0.717) is 5.56 Å². The molecule has 0 aromatic heterocycles. The maximum atomic E-state index is 9.69. The molecule has 27 heavy (non-hydrogen) atoms. The van der Waals surface area contributed by atoms with Gasteiger partial charge in [0.2, 0.25) is 0 Å². The van der Waals surface area contributed by atoms with Gasteiger partial charge in [-0.3, -0.25) is 0 Å². The zero-order chi connectivity index (χ0) is 19.7. The van der Waals surface area contributed by atoms with E-state index in [1.54, 1.807) is 6.92 Å². The molecule has 0 fully saturated rings. The van der Waals surface area contributed by atoms with Crippen molar-refractivity contribution in [2.24, 2.45) is 0 Å². The quantitative estimate of drug-likeness (QED) is 0.554. The van der Waals surface area contributed by atoms with Gasteiger partial charge in [-0.2, -0.15) is 0 Å². The maximum absolute atomic E-state index is 9.69. The van der Waals surface area contributed by atoms with Crippen molar-refractivity contribution in [3.8, 4) is 119 Å². The fourth-order valence-corrected chi connectivity index (χ4v) is 1.32. The van der Waals surface area contributed by atoms with Crippen LogP contribution < -0.4 is 0 Å². The molecule has 0 unspecified atom stereocenters. The van der Waals surface area contributed by atoms with Crippen LogP contribution in [0, 0.1) is 114 Å². The highest BCUT2D eigenvalue weighted by molar-refractivity contribution is 5.54. The first-order valence-corrected chi connectivity index (χ1v) is 7.14. The van der Waals surface area contributed by atoms with Crippen LogP contribution in [0.3, 0.4) is 0 Å². The molecule has 2 N–H and O–H groups in total. The number of aryl methyl sites for hydroxylation is 1. The third-order valence-corrected chi connectivity index (χ3v) is 2.46. The molecule has 0 saturated heterocycles. The van der Waals surface area contributed by atoms with Gasteiger partial charge in [-0.15, -0.1) is 6.42 Å². The van der Waals surface area contributed by atoms with E-state index in [1.807, 2.05) is 0 Å². The Kier molecular flexibility index (Phi) is 9.07. The maximum Gasteiger partial charge on any atom is 0.131 e. The lowest BCUT2D eigenvalue weighted by atomic mass is 10.1. The number of terminal acetylenes is 1. The summed E-state index contributed by atoms with van der Waals surface area (Å²) < 4.78 is 0. The first kappa shape index (κ1) is 19.9. The SMILES string of the molecule is C#CC#CC#CC#CC#CC#CC#CC#CC#Cc1cc(O)c(C)cc1O. The van der Waals surface area contributed by atoms with E-state index in [9.17, 15) is 10.2 Å². The van der Waals surface area contributed by atoms with Crippen LogP contribution in [0.1, 0.15) is 11.1 Å². The molecule has 0 aliphatic carbocycles. The summed E-state index contributed by atoms with van der Waals surface area (Å²) >= 11 is 0. The van der Waals surface area contributed by atoms with Crippen molar-refractivity contribution in [2.45, 2.75) is 6.92 Å². The van der Waals surface area contributed by atoms with Crippen LogP contribution in [0.4, 0.5) is 0 Å². The summed E-state index contributed by atoms with van der Waals surface area (Å²) in [7, 11) is 0. The molecule has 2 heteroatoms. The average molecular weight is 340 g/mol. The number of phenolic OH excluding ortho intramolecular Hbond substituents is 2. The number of benzene rings is 1. The van der Waals surface area contributed by atoms with Crippen molar-refractivity contribution in [3.05, 3.63) is 23.3 Å². The number of hydrogen-bond donors (Lipinski definition) is 2. The summed E-state index contributed by atoms with van der Waals surface area (Å²) in [5, 5.41) is 19.3. The van der Waals surface area contributed by atoms with E-state index >= 15 is 0 Å². The van der Waals surface area contributed by atoms with Gasteiger partial charge in [0.15, 0.2) is 0 Å². The molecule has 0 radical (unpaired) electrons.